The van der Waals surface area contributed by atoms with Crippen LogP contribution in [0.5, 0.6) is 0 Å². The van der Waals surface area contributed by atoms with Gasteiger partial charge in [-0.2, -0.15) is 0 Å². The molecule has 1 N–H and O–H groups in total. The van der Waals surface area contributed by atoms with E-state index in [4.69, 9.17) is 4.42 Å². The molecule has 3 rings (SSSR count). The van der Waals surface area contributed by atoms with Crippen molar-refractivity contribution < 1.29 is 9.21 Å². The highest BCUT2D eigenvalue weighted by Gasteiger charge is 2.19. The minimum Gasteiger partial charge on any atom is -0.416 e. The predicted octanol–water partition coefficient (Wildman–Crippen LogP) is 2.67. The van der Waals surface area contributed by atoms with Crippen molar-refractivity contribution in [2.45, 2.75) is 18.6 Å². The molecule has 1 aliphatic rings. The van der Waals surface area contributed by atoms with Crippen molar-refractivity contribution in [3.8, 4) is 0 Å². The zero-order valence-corrected chi connectivity index (χ0v) is 16.4. The summed E-state index contributed by atoms with van der Waals surface area (Å²) in [6.45, 7) is 10.5. The number of hydrogen-bond acceptors (Lipinski definition) is 7. The fraction of sp³-hybridized carbons (Fsp3) is 0.421. The van der Waals surface area contributed by atoms with Gasteiger partial charge < -0.3 is 14.6 Å². The Kier molecular flexibility index (Phi) is 6.89. The van der Waals surface area contributed by atoms with E-state index in [2.05, 4.69) is 38.0 Å². The van der Waals surface area contributed by atoms with Crippen LogP contribution in [0.2, 0.25) is 0 Å². The molecule has 1 amide bonds. The normalized spacial score (nSPS) is 14.9. The quantitative estimate of drug-likeness (QED) is 0.551. The van der Waals surface area contributed by atoms with Gasteiger partial charge in [0.1, 0.15) is 0 Å². The molecule has 7 nitrogen and oxygen atoms in total. The van der Waals surface area contributed by atoms with E-state index in [1.165, 1.54) is 11.8 Å². The van der Waals surface area contributed by atoms with E-state index < -0.39 is 0 Å². The Bertz CT molecular complexity index is 771. The zero-order chi connectivity index (χ0) is 19.1. The summed E-state index contributed by atoms with van der Waals surface area (Å²) in [6.07, 6.45) is 2.63. The van der Waals surface area contributed by atoms with Gasteiger partial charge in [-0.15, -0.1) is 16.8 Å². The fourth-order valence-corrected chi connectivity index (χ4v) is 3.54. The topological polar surface area (TPSA) is 74.5 Å². The predicted molar refractivity (Wildman–Crippen MR) is 108 cm³/mol. The maximum absolute atomic E-state index is 12.4. The minimum atomic E-state index is -0.0889. The van der Waals surface area contributed by atoms with Crippen LogP contribution in [0.3, 0.4) is 0 Å². The zero-order valence-electron chi connectivity index (χ0n) is 15.6. The van der Waals surface area contributed by atoms with Crippen LogP contribution < -0.4 is 10.2 Å². The van der Waals surface area contributed by atoms with Crippen LogP contribution in [0.4, 0.5) is 11.4 Å². The monoisotopic (exact) mass is 387 g/mol. The number of carbonyl (C=O) groups excluding carboxylic acids is 1. The van der Waals surface area contributed by atoms with Crippen LogP contribution in [-0.4, -0.2) is 59.5 Å². The first kappa shape index (κ1) is 19.4. The van der Waals surface area contributed by atoms with Crippen molar-refractivity contribution in [3.05, 3.63) is 42.8 Å². The van der Waals surface area contributed by atoms with Crippen molar-refractivity contribution in [2.24, 2.45) is 0 Å². The van der Waals surface area contributed by atoms with Crippen molar-refractivity contribution in [1.29, 1.82) is 0 Å². The Morgan fingerprint density at radius 3 is 2.78 bits per heavy atom. The number of thioether (sulfide) groups is 1. The second-order valence-corrected chi connectivity index (χ2v) is 7.17. The second kappa shape index (κ2) is 9.57. The van der Waals surface area contributed by atoms with Crippen LogP contribution in [0.1, 0.15) is 12.8 Å². The van der Waals surface area contributed by atoms with Crippen LogP contribution in [0.25, 0.3) is 0 Å². The van der Waals surface area contributed by atoms with Gasteiger partial charge in [-0.05, 0) is 12.1 Å². The van der Waals surface area contributed by atoms with Crippen molar-refractivity contribution >= 4 is 29.0 Å². The van der Waals surface area contributed by atoms with Gasteiger partial charge in [-0.3, -0.25) is 9.69 Å². The van der Waals surface area contributed by atoms with Gasteiger partial charge >= 0.3 is 0 Å². The Morgan fingerprint density at radius 1 is 1.30 bits per heavy atom. The molecule has 1 aromatic heterocycles. The maximum Gasteiger partial charge on any atom is 0.277 e. The number of anilines is 2. The number of amides is 1. The van der Waals surface area contributed by atoms with Gasteiger partial charge in [0.2, 0.25) is 11.8 Å². The van der Waals surface area contributed by atoms with Gasteiger partial charge in [-0.1, -0.05) is 36.9 Å². The molecular weight excluding hydrogens is 362 g/mol. The molecule has 1 aromatic carbocycles. The lowest BCUT2D eigenvalue weighted by molar-refractivity contribution is -0.113. The average Bonchev–Trinajstić information content (AvgIpc) is 3.16. The largest absolute Gasteiger partial charge is 0.416 e. The van der Waals surface area contributed by atoms with Gasteiger partial charge in [0.25, 0.3) is 5.22 Å². The summed E-state index contributed by atoms with van der Waals surface area (Å²) >= 11 is 1.25. The molecule has 0 atom stereocenters. The first-order chi connectivity index (χ1) is 13.2. The van der Waals surface area contributed by atoms with Crippen LogP contribution in [0, 0.1) is 0 Å². The second-order valence-electron chi connectivity index (χ2n) is 6.25. The molecular formula is C19H25N5O2S. The molecule has 1 saturated heterocycles. The molecule has 2 heterocycles. The summed E-state index contributed by atoms with van der Waals surface area (Å²) in [5.74, 6) is 0.722. The van der Waals surface area contributed by atoms with E-state index in [1.807, 2.05) is 31.2 Å². The number of aromatic nitrogens is 2. The highest BCUT2D eigenvalue weighted by molar-refractivity contribution is 7.99. The number of para-hydroxylation sites is 2. The summed E-state index contributed by atoms with van der Waals surface area (Å²) in [5.41, 5.74) is 1.89. The van der Waals surface area contributed by atoms with E-state index in [0.29, 0.717) is 17.5 Å². The number of aryl methyl sites for hydroxylation is 1. The number of rotatable bonds is 8. The molecule has 1 aliphatic heterocycles. The van der Waals surface area contributed by atoms with Crippen molar-refractivity contribution in [1.82, 2.24) is 15.1 Å². The van der Waals surface area contributed by atoms with Crippen LogP contribution in [-0.2, 0) is 11.2 Å². The SMILES string of the molecule is C=CCN1CCN(c2ccccc2NC(=O)CSc2nnc(CC)o2)CC1. The third-order valence-electron chi connectivity index (χ3n) is 4.36. The minimum absolute atomic E-state index is 0.0889. The van der Waals surface area contributed by atoms with Crippen molar-refractivity contribution in [3.63, 3.8) is 0 Å². The van der Waals surface area contributed by atoms with Gasteiger partial charge in [0.05, 0.1) is 17.1 Å². The summed E-state index contributed by atoms with van der Waals surface area (Å²) in [5, 5.41) is 11.3. The third kappa shape index (κ3) is 5.33. The summed E-state index contributed by atoms with van der Waals surface area (Å²) < 4.78 is 5.42. The smallest absolute Gasteiger partial charge is 0.277 e. The molecule has 1 fully saturated rings. The molecule has 144 valence electrons. The van der Waals surface area contributed by atoms with Crippen molar-refractivity contribution in [2.75, 3.05) is 48.7 Å². The van der Waals surface area contributed by atoms with E-state index in [9.17, 15) is 4.79 Å². The average molecular weight is 388 g/mol. The number of nitrogens with zero attached hydrogens (tertiary/aromatic N) is 4. The number of hydrogen-bond donors (Lipinski definition) is 1. The molecule has 8 heteroatoms. The van der Waals surface area contributed by atoms with Gasteiger partial charge in [0, 0.05) is 39.1 Å². The number of benzene rings is 1. The van der Waals surface area contributed by atoms with E-state index in [-0.39, 0.29) is 11.7 Å². The maximum atomic E-state index is 12.4. The Morgan fingerprint density at radius 2 is 2.07 bits per heavy atom. The summed E-state index contributed by atoms with van der Waals surface area (Å²) in [6, 6.07) is 7.93. The highest BCUT2D eigenvalue weighted by atomic mass is 32.2. The van der Waals surface area contributed by atoms with E-state index in [0.717, 1.165) is 44.1 Å². The first-order valence-electron chi connectivity index (χ1n) is 9.12. The molecule has 0 bridgehead atoms. The molecule has 0 aliphatic carbocycles. The highest BCUT2D eigenvalue weighted by Crippen LogP contribution is 2.27. The lowest BCUT2D eigenvalue weighted by Gasteiger charge is -2.36. The molecule has 0 unspecified atom stereocenters. The Labute approximate surface area is 163 Å². The molecule has 0 spiro atoms. The number of piperazine rings is 1. The van der Waals surface area contributed by atoms with Crippen LogP contribution in [0.15, 0.2) is 46.6 Å². The van der Waals surface area contributed by atoms with E-state index >= 15 is 0 Å². The Hall–Kier alpha value is -2.32. The third-order valence-corrected chi connectivity index (χ3v) is 5.17. The number of carbonyl (C=O) groups is 1. The lowest BCUT2D eigenvalue weighted by atomic mass is 10.2. The number of nitrogens with one attached hydrogen (secondary N) is 1. The molecule has 0 saturated carbocycles. The molecule has 0 radical (unpaired) electrons. The summed E-state index contributed by atoms with van der Waals surface area (Å²) in [4.78, 5) is 17.1. The van der Waals surface area contributed by atoms with Crippen LogP contribution >= 0.6 is 11.8 Å². The first-order valence-corrected chi connectivity index (χ1v) is 10.1. The van der Waals surface area contributed by atoms with Gasteiger partial charge in [-0.25, -0.2) is 0 Å². The lowest BCUT2D eigenvalue weighted by Crippen LogP contribution is -2.46. The Balaban J connectivity index is 1.57. The fourth-order valence-electron chi connectivity index (χ4n) is 2.96. The molecule has 2 aromatic rings. The van der Waals surface area contributed by atoms with Gasteiger partial charge in [0.15, 0.2) is 0 Å². The standard InChI is InChI=1S/C19H25N5O2S/c1-3-9-23-10-12-24(13-11-23)16-8-6-5-7-15(16)20-17(25)14-27-19-22-21-18(4-2)26-19/h3,5-8H,1,4,9-14H2,2H3,(H,20,25). The molecule has 27 heavy (non-hydrogen) atoms. The summed E-state index contributed by atoms with van der Waals surface area (Å²) in [7, 11) is 0. The van der Waals surface area contributed by atoms with E-state index in [1.54, 1.807) is 0 Å².